The number of hydrogen-bond donors (Lipinski definition) is 4. The molecule has 170 valence electrons. The van der Waals surface area contributed by atoms with Crippen LogP contribution in [-0.4, -0.2) is 54.8 Å². The van der Waals surface area contributed by atoms with E-state index in [1.165, 1.54) is 0 Å². The van der Waals surface area contributed by atoms with Crippen LogP contribution >= 0.6 is 11.3 Å². The highest BCUT2D eigenvalue weighted by Crippen LogP contribution is 2.32. The molecule has 10 heteroatoms. The largest absolute Gasteiger partial charge is 0.390 e. The maximum Gasteiger partial charge on any atom is 0.226 e. The molecule has 4 rings (SSSR count). The zero-order valence-corrected chi connectivity index (χ0v) is 19.3. The van der Waals surface area contributed by atoms with Crippen LogP contribution in [0.5, 0.6) is 0 Å². The Balaban J connectivity index is 1.54. The quantitative estimate of drug-likeness (QED) is 0.382. The molecular formula is C22H30N8OS. The molecule has 1 saturated heterocycles. The maximum atomic E-state index is 9.28. The molecule has 0 radical (unpaired) electrons. The fourth-order valence-corrected chi connectivity index (χ4v) is 5.38. The van der Waals surface area contributed by atoms with Gasteiger partial charge >= 0.3 is 0 Å². The van der Waals surface area contributed by atoms with Crippen LogP contribution in [0, 0.1) is 11.3 Å². The summed E-state index contributed by atoms with van der Waals surface area (Å²) < 4.78 is 0. The molecule has 3 aromatic heterocycles. The molecule has 9 nitrogen and oxygen atoms in total. The number of likely N-dealkylation sites (tertiary alicyclic amines) is 1. The lowest BCUT2D eigenvalue weighted by Gasteiger charge is -2.45. The molecule has 4 N–H and O–H groups in total. The number of thiophene rings is 1. The lowest BCUT2D eigenvalue weighted by molar-refractivity contribution is 0.0734. The van der Waals surface area contributed by atoms with Crippen molar-refractivity contribution in [2.45, 2.75) is 70.7 Å². The summed E-state index contributed by atoms with van der Waals surface area (Å²) in [5.41, 5.74) is 0.640. The highest BCUT2D eigenvalue weighted by atomic mass is 32.1. The fraction of sp³-hybridized carbons (Fsp3) is 0.545. The van der Waals surface area contributed by atoms with Gasteiger partial charge in [0.1, 0.15) is 10.6 Å². The molecule has 1 aliphatic heterocycles. The lowest BCUT2D eigenvalue weighted by Crippen LogP contribution is -2.52. The van der Waals surface area contributed by atoms with Crippen LogP contribution in [0.1, 0.15) is 51.6 Å². The minimum Gasteiger partial charge on any atom is -0.390 e. The van der Waals surface area contributed by atoms with Crippen LogP contribution in [-0.2, 0) is 6.61 Å². The van der Waals surface area contributed by atoms with Gasteiger partial charge in [0.25, 0.3) is 0 Å². The van der Waals surface area contributed by atoms with E-state index in [0.29, 0.717) is 41.8 Å². The normalized spacial score (nSPS) is 21.5. The van der Waals surface area contributed by atoms with Gasteiger partial charge in [0, 0.05) is 37.2 Å². The summed E-state index contributed by atoms with van der Waals surface area (Å²) in [4.78, 5) is 13.0. The fourth-order valence-electron chi connectivity index (χ4n) is 4.61. The van der Waals surface area contributed by atoms with Crippen molar-refractivity contribution in [1.29, 1.82) is 5.26 Å². The van der Waals surface area contributed by atoms with E-state index < -0.39 is 0 Å². The molecule has 0 amide bonds. The minimum absolute atomic E-state index is 0.0939. The van der Waals surface area contributed by atoms with Crippen molar-refractivity contribution < 1.29 is 5.11 Å². The molecule has 4 heterocycles. The number of aromatic nitrogens is 4. The zero-order chi connectivity index (χ0) is 22.5. The summed E-state index contributed by atoms with van der Waals surface area (Å²) in [7, 11) is 0. The molecule has 32 heavy (non-hydrogen) atoms. The minimum atomic E-state index is -0.0939. The number of nitrogens with one attached hydrogen (secondary N) is 3. The first-order valence-corrected chi connectivity index (χ1v) is 12.1. The molecule has 0 aliphatic carbocycles. The smallest absolute Gasteiger partial charge is 0.226 e. The van der Waals surface area contributed by atoms with Gasteiger partial charge in [0.2, 0.25) is 5.95 Å². The molecule has 2 unspecified atom stereocenters. The second-order valence-electron chi connectivity index (χ2n) is 8.18. The summed E-state index contributed by atoms with van der Waals surface area (Å²) >= 11 is 1.58. The van der Waals surface area contributed by atoms with E-state index in [9.17, 15) is 5.11 Å². The van der Waals surface area contributed by atoms with Gasteiger partial charge in [-0.1, -0.05) is 13.8 Å². The van der Waals surface area contributed by atoms with Gasteiger partial charge < -0.3 is 15.7 Å². The third-order valence-corrected chi connectivity index (χ3v) is 6.99. The molecule has 0 saturated carbocycles. The number of aliphatic hydroxyl groups is 1. The van der Waals surface area contributed by atoms with E-state index in [4.69, 9.17) is 15.2 Å². The molecule has 0 spiro atoms. The summed E-state index contributed by atoms with van der Waals surface area (Å²) in [6.07, 6.45) is 4.70. The van der Waals surface area contributed by atoms with Gasteiger partial charge in [0.15, 0.2) is 5.82 Å². The van der Waals surface area contributed by atoms with Gasteiger partial charge in [-0.3, -0.25) is 10.00 Å². The Hall–Kier alpha value is -2.74. The highest BCUT2D eigenvalue weighted by molar-refractivity contribution is 7.16. The summed E-state index contributed by atoms with van der Waals surface area (Å²) in [5, 5.41) is 35.1. The van der Waals surface area contributed by atoms with E-state index in [2.05, 4.69) is 45.6 Å². The standard InChI is InChI=1S/C22H30N8OS/c1-3-16-10-14(11-17(4-2)30(16)8-5-7-23)24-22-26-20(18-6-9-32-21(18)27-22)25-19-12-15(13-31)28-29-19/h6,9,12,14,16-17,31H,3-5,8,10-11,13H2,1-2H3,(H3,24,25,26,27,28,29). The number of nitriles is 1. The topological polar surface area (TPSA) is 126 Å². The molecule has 0 bridgehead atoms. The number of anilines is 3. The zero-order valence-electron chi connectivity index (χ0n) is 18.5. The SMILES string of the molecule is CCC1CC(Nc2nc(Nc3cc(CO)[nH]n3)c3ccsc3n2)CC(CC)N1CCC#N. The number of hydrogen-bond acceptors (Lipinski definition) is 9. The number of fused-ring (bicyclic) bond motifs is 1. The number of H-pyrrole nitrogens is 1. The first-order chi connectivity index (χ1) is 15.6. The van der Waals surface area contributed by atoms with E-state index in [-0.39, 0.29) is 12.6 Å². The monoisotopic (exact) mass is 454 g/mol. The number of piperidine rings is 1. The average molecular weight is 455 g/mol. The van der Waals surface area contributed by atoms with Gasteiger partial charge in [-0.2, -0.15) is 15.3 Å². The molecule has 0 aromatic carbocycles. The second-order valence-corrected chi connectivity index (χ2v) is 9.07. The van der Waals surface area contributed by atoms with E-state index in [1.807, 2.05) is 11.4 Å². The van der Waals surface area contributed by atoms with E-state index in [0.717, 1.165) is 42.4 Å². The van der Waals surface area contributed by atoms with Crippen LogP contribution < -0.4 is 10.6 Å². The average Bonchev–Trinajstić information content (AvgIpc) is 3.47. The Morgan fingerprint density at radius 1 is 1.28 bits per heavy atom. The van der Waals surface area contributed by atoms with Crippen LogP contribution in [0.4, 0.5) is 17.6 Å². The van der Waals surface area contributed by atoms with Crippen LogP contribution in [0.2, 0.25) is 0 Å². The molecule has 2 atom stereocenters. The van der Waals surface area contributed by atoms with Crippen molar-refractivity contribution in [2.24, 2.45) is 0 Å². The lowest BCUT2D eigenvalue weighted by atomic mass is 9.88. The highest BCUT2D eigenvalue weighted by Gasteiger charge is 2.33. The van der Waals surface area contributed by atoms with E-state index in [1.54, 1.807) is 17.4 Å². The Morgan fingerprint density at radius 3 is 2.72 bits per heavy atom. The molecule has 3 aromatic rings. The Labute approximate surface area is 191 Å². The summed E-state index contributed by atoms with van der Waals surface area (Å²) in [6, 6.07) is 7.24. The van der Waals surface area contributed by atoms with E-state index >= 15 is 0 Å². The summed E-state index contributed by atoms with van der Waals surface area (Å²) in [6.45, 7) is 5.19. The van der Waals surface area contributed by atoms with Gasteiger partial charge in [-0.15, -0.1) is 11.3 Å². The first-order valence-electron chi connectivity index (χ1n) is 11.2. The van der Waals surface area contributed by atoms with Crippen LogP contribution in [0.15, 0.2) is 17.5 Å². The predicted octanol–water partition coefficient (Wildman–Crippen LogP) is 4.00. The maximum absolute atomic E-state index is 9.28. The molecular weight excluding hydrogens is 424 g/mol. The van der Waals surface area contributed by atoms with Crippen LogP contribution in [0.25, 0.3) is 10.2 Å². The van der Waals surface area contributed by atoms with Gasteiger partial charge in [-0.25, -0.2) is 4.98 Å². The Kier molecular flexibility index (Phi) is 7.19. The summed E-state index contributed by atoms with van der Waals surface area (Å²) in [5.74, 6) is 1.91. The van der Waals surface area contributed by atoms with Crippen molar-refractivity contribution in [2.75, 3.05) is 17.2 Å². The van der Waals surface area contributed by atoms with Crippen molar-refractivity contribution >= 4 is 39.1 Å². The second kappa shape index (κ2) is 10.3. The third kappa shape index (κ3) is 4.85. The number of aliphatic hydroxyl groups excluding tert-OH is 1. The van der Waals surface area contributed by atoms with Gasteiger partial charge in [-0.05, 0) is 37.1 Å². The van der Waals surface area contributed by atoms with Crippen LogP contribution in [0.3, 0.4) is 0 Å². The first kappa shape index (κ1) is 22.5. The number of rotatable bonds is 9. The Morgan fingerprint density at radius 2 is 2.06 bits per heavy atom. The van der Waals surface area contributed by atoms with Crippen molar-refractivity contribution in [1.82, 2.24) is 25.1 Å². The number of nitrogens with zero attached hydrogens (tertiary/aromatic N) is 5. The van der Waals surface area contributed by atoms with Crippen molar-refractivity contribution in [3.05, 3.63) is 23.2 Å². The third-order valence-electron chi connectivity index (χ3n) is 6.18. The van der Waals surface area contributed by atoms with Crippen molar-refractivity contribution in [3.63, 3.8) is 0 Å². The molecule has 1 fully saturated rings. The predicted molar refractivity (Wildman–Crippen MR) is 127 cm³/mol. The number of aromatic amines is 1. The Bertz CT molecular complexity index is 1060. The van der Waals surface area contributed by atoms with Crippen molar-refractivity contribution in [3.8, 4) is 6.07 Å². The van der Waals surface area contributed by atoms with Gasteiger partial charge in [0.05, 0.1) is 23.8 Å². The molecule has 1 aliphatic rings.